The predicted molar refractivity (Wildman–Crippen MR) is 112 cm³/mol. The number of benzene rings is 2. The Kier molecular flexibility index (Phi) is 5.71. The molecule has 0 aliphatic rings. The van der Waals surface area contributed by atoms with Crippen LogP contribution in [0.2, 0.25) is 0 Å². The summed E-state index contributed by atoms with van der Waals surface area (Å²) in [7, 11) is 4.00. The van der Waals surface area contributed by atoms with Crippen molar-refractivity contribution in [1.29, 1.82) is 0 Å². The predicted octanol–water partition coefficient (Wildman–Crippen LogP) is 6.32. The number of carbonyl (C=O) groups excluding carboxylic acids is 1. The fraction of sp³-hybridized carbons (Fsp3) is 0.381. The molecule has 26 heavy (non-hydrogen) atoms. The number of nitrogens with zero attached hydrogens (tertiary/aromatic N) is 1. The molecular formula is C21H26BrNO3. The Bertz CT molecular complexity index is 879. The summed E-state index contributed by atoms with van der Waals surface area (Å²) in [5.74, 6) is 0.478. The van der Waals surface area contributed by atoms with Gasteiger partial charge in [0.15, 0.2) is 0 Å². The Hall–Kier alpha value is -2.01. The van der Waals surface area contributed by atoms with E-state index in [1.54, 1.807) is 0 Å². The van der Waals surface area contributed by atoms with Crippen molar-refractivity contribution in [2.45, 2.75) is 40.2 Å². The maximum Gasteiger partial charge on any atom is 0.514 e. The van der Waals surface area contributed by atoms with Gasteiger partial charge in [-0.15, -0.1) is 0 Å². The van der Waals surface area contributed by atoms with Gasteiger partial charge in [-0.1, -0.05) is 28.6 Å². The molecule has 0 aromatic heterocycles. The van der Waals surface area contributed by atoms with Gasteiger partial charge in [0.25, 0.3) is 0 Å². The average molecular weight is 420 g/mol. The SMILES string of the molecule is C=C(C)c1c(C)c(N(C)C)c2ccc(Br)cc2c1OC(=O)OC(C)(C)C. The zero-order chi connectivity index (χ0) is 19.8. The number of fused-ring (bicyclic) bond motifs is 1. The smallest absolute Gasteiger partial charge is 0.428 e. The van der Waals surface area contributed by atoms with Gasteiger partial charge in [-0.2, -0.15) is 0 Å². The van der Waals surface area contributed by atoms with Gasteiger partial charge >= 0.3 is 6.16 Å². The van der Waals surface area contributed by atoms with Crippen molar-refractivity contribution in [3.05, 3.63) is 40.4 Å². The highest BCUT2D eigenvalue weighted by atomic mass is 79.9. The second-order valence-electron chi connectivity index (χ2n) is 7.61. The van der Waals surface area contributed by atoms with Gasteiger partial charge in [0, 0.05) is 40.6 Å². The summed E-state index contributed by atoms with van der Waals surface area (Å²) in [6, 6.07) is 5.95. The second kappa shape index (κ2) is 7.31. The molecule has 0 heterocycles. The van der Waals surface area contributed by atoms with E-state index < -0.39 is 11.8 Å². The first kappa shape index (κ1) is 20.3. The highest BCUT2D eigenvalue weighted by molar-refractivity contribution is 9.10. The van der Waals surface area contributed by atoms with Gasteiger partial charge in [0.2, 0.25) is 0 Å². The maximum atomic E-state index is 12.4. The summed E-state index contributed by atoms with van der Waals surface area (Å²) in [6.45, 7) is 13.4. The third-order valence-electron chi connectivity index (χ3n) is 3.89. The van der Waals surface area contributed by atoms with Crippen molar-refractivity contribution in [3.8, 4) is 5.75 Å². The lowest BCUT2D eigenvalue weighted by atomic mass is 9.93. The van der Waals surface area contributed by atoms with Crippen LogP contribution in [-0.2, 0) is 4.74 Å². The summed E-state index contributed by atoms with van der Waals surface area (Å²) < 4.78 is 12.0. The van der Waals surface area contributed by atoms with E-state index in [1.807, 2.05) is 66.9 Å². The fourth-order valence-corrected chi connectivity index (χ4v) is 3.45. The number of hydrogen-bond acceptors (Lipinski definition) is 4. The van der Waals surface area contributed by atoms with Gasteiger partial charge in [0.1, 0.15) is 11.4 Å². The van der Waals surface area contributed by atoms with Crippen LogP contribution in [0.5, 0.6) is 5.75 Å². The van der Waals surface area contributed by atoms with E-state index in [2.05, 4.69) is 27.4 Å². The minimum Gasteiger partial charge on any atom is -0.428 e. The molecule has 0 saturated heterocycles. The van der Waals surface area contributed by atoms with E-state index in [9.17, 15) is 4.79 Å². The first-order valence-electron chi connectivity index (χ1n) is 8.42. The first-order valence-corrected chi connectivity index (χ1v) is 9.21. The van der Waals surface area contributed by atoms with Crippen molar-refractivity contribution in [1.82, 2.24) is 0 Å². The Morgan fingerprint density at radius 2 is 1.81 bits per heavy atom. The molecule has 0 spiro atoms. The molecule has 0 unspecified atom stereocenters. The molecule has 140 valence electrons. The number of carbonyl (C=O) groups is 1. The van der Waals surface area contributed by atoms with Crippen LogP contribution in [-0.4, -0.2) is 25.9 Å². The second-order valence-corrected chi connectivity index (χ2v) is 8.52. The van der Waals surface area contributed by atoms with Crippen LogP contribution >= 0.6 is 15.9 Å². The van der Waals surface area contributed by atoms with Crippen molar-refractivity contribution in [2.75, 3.05) is 19.0 Å². The van der Waals surface area contributed by atoms with E-state index >= 15 is 0 Å². The quantitative estimate of drug-likeness (QED) is 0.430. The zero-order valence-electron chi connectivity index (χ0n) is 16.5. The van der Waals surface area contributed by atoms with E-state index in [1.165, 1.54) is 0 Å². The molecular weight excluding hydrogens is 394 g/mol. The molecule has 2 aromatic rings. The van der Waals surface area contributed by atoms with Crippen LogP contribution < -0.4 is 9.64 Å². The van der Waals surface area contributed by atoms with Crippen LogP contribution in [0.3, 0.4) is 0 Å². The van der Waals surface area contributed by atoms with Crippen LogP contribution in [0.1, 0.15) is 38.8 Å². The number of hydrogen-bond donors (Lipinski definition) is 0. The van der Waals surface area contributed by atoms with Gasteiger partial charge in [-0.05, 0) is 57.9 Å². The van der Waals surface area contributed by atoms with Gasteiger partial charge in [-0.25, -0.2) is 4.79 Å². The highest BCUT2D eigenvalue weighted by Crippen LogP contribution is 2.44. The molecule has 0 bridgehead atoms. The number of ether oxygens (including phenoxy) is 2. The Morgan fingerprint density at radius 3 is 2.31 bits per heavy atom. The Labute approximate surface area is 163 Å². The van der Waals surface area contributed by atoms with E-state index in [0.717, 1.165) is 37.6 Å². The molecule has 0 fully saturated rings. The lowest BCUT2D eigenvalue weighted by Crippen LogP contribution is -2.26. The Morgan fingerprint density at radius 1 is 1.19 bits per heavy atom. The molecule has 0 aliphatic carbocycles. The number of rotatable bonds is 3. The summed E-state index contributed by atoms with van der Waals surface area (Å²) in [4.78, 5) is 14.4. The van der Waals surface area contributed by atoms with Gasteiger partial charge < -0.3 is 14.4 Å². The normalized spacial score (nSPS) is 11.4. The van der Waals surface area contributed by atoms with Crippen molar-refractivity contribution < 1.29 is 14.3 Å². The van der Waals surface area contributed by atoms with Crippen molar-refractivity contribution in [3.63, 3.8) is 0 Å². The van der Waals surface area contributed by atoms with Crippen molar-refractivity contribution >= 4 is 44.1 Å². The van der Waals surface area contributed by atoms with Gasteiger partial charge in [-0.3, -0.25) is 0 Å². The molecule has 0 N–H and O–H groups in total. The highest BCUT2D eigenvalue weighted by Gasteiger charge is 2.24. The van der Waals surface area contributed by atoms with E-state index in [-0.39, 0.29) is 0 Å². The first-order chi connectivity index (χ1) is 11.9. The maximum absolute atomic E-state index is 12.4. The monoisotopic (exact) mass is 419 g/mol. The topological polar surface area (TPSA) is 38.8 Å². The summed E-state index contributed by atoms with van der Waals surface area (Å²) >= 11 is 3.52. The molecule has 2 rings (SSSR count). The molecule has 0 amide bonds. The lowest BCUT2D eigenvalue weighted by Gasteiger charge is -2.25. The zero-order valence-corrected chi connectivity index (χ0v) is 18.1. The van der Waals surface area contributed by atoms with Crippen molar-refractivity contribution in [2.24, 2.45) is 0 Å². The lowest BCUT2D eigenvalue weighted by molar-refractivity contribution is 0.0208. The molecule has 0 saturated carbocycles. The third kappa shape index (κ3) is 4.21. The average Bonchev–Trinajstić information content (AvgIpc) is 2.45. The van der Waals surface area contributed by atoms with Crippen LogP contribution in [0.4, 0.5) is 10.5 Å². The minimum atomic E-state index is -0.724. The van der Waals surface area contributed by atoms with E-state index in [4.69, 9.17) is 9.47 Å². The largest absolute Gasteiger partial charge is 0.514 e. The molecule has 0 atom stereocenters. The molecule has 0 radical (unpaired) electrons. The number of anilines is 1. The van der Waals surface area contributed by atoms with Crippen LogP contribution in [0.25, 0.3) is 16.3 Å². The number of halogens is 1. The molecule has 0 aliphatic heterocycles. The summed E-state index contributed by atoms with van der Waals surface area (Å²) in [5.41, 5.74) is 3.10. The molecule has 4 nitrogen and oxygen atoms in total. The number of allylic oxidation sites excluding steroid dienone is 1. The van der Waals surface area contributed by atoms with Gasteiger partial charge in [0.05, 0.1) is 0 Å². The van der Waals surface area contributed by atoms with E-state index in [0.29, 0.717) is 5.75 Å². The van der Waals surface area contributed by atoms with Crippen LogP contribution in [0, 0.1) is 6.92 Å². The fourth-order valence-electron chi connectivity index (χ4n) is 3.09. The molecule has 2 aromatic carbocycles. The third-order valence-corrected chi connectivity index (χ3v) is 4.38. The minimum absolute atomic E-state index is 0.478. The summed E-state index contributed by atoms with van der Waals surface area (Å²) in [6.07, 6.45) is -0.724. The summed E-state index contributed by atoms with van der Waals surface area (Å²) in [5, 5.41) is 1.83. The standard InChI is InChI=1S/C21H26BrNO3/c1-12(2)17-13(3)18(23(7)8)15-10-9-14(22)11-16(15)19(17)25-20(24)26-21(4,5)6/h9-11H,1H2,2-8H3. The Balaban J connectivity index is 2.80. The van der Waals surface area contributed by atoms with Crippen LogP contribution in [0.15, 0.2) is 29.3 Å². The molecule has 5 heteroatoms.